The fraction of sp³-hybridized carbons (Fsp3) is 0.250. The lowest BCUT2D eigenvalue weighted by atomic mass is 10.1. The lowest BCUT2D eigenvalue weighted by Crippen LogP contribution is -2.12. The average Bonchev–Trinajstić information content (AvgIpc) is 2.16. The fourth-order valence-electron chi connectivity index (χ4n) is 1.04. The summed E-state index contributed by atoms with van der Waals surface area (Å²) in [6, 6.07) is 2.47. The lowest BCUT2D eigenvalue weighted by molar-refractivity contribution is 0.150. The Kier molecular flexibility index (Phi) is 3.36. The highest BCUT2D eigenvalue weighted by Crippen LogP contribution is 2.24. The minimum Gasteiger partial charge on any atom is -0.313 e. The lowest BCUT2D eigenvalue weighted by Gasteiger charge is -2.06. The number of nitriles is 1. The molecule has 0 spiro atoms. The number of alkyl halides is 3. The van der Waals surface area contributed by atoms with Crippen molar-refractivity contribution in [2.45, 2.75) is 11.8 Å². The van der Waals surface area contributed by atoms with Gasteiger partial charge in [0.1, 0.15) is 11.8 Å². The van der Waals surface area contributed by atoms with Crippen LogP contribution in [0.4, 0.5) is 8.78 Å². The van der Waals surface area contributed by atoms with Crippen molar-refractivity contribution in [2.75, 3.05) is 0 Å². The van der Waals surface area contributed by atoms with Crippen molar-refractivity contribution in [3.63, 3.8) is 0 Å². The second-order valence-corrected chi connectivity index (χ2v) is 3.05. The number of rotatable bonds is 2. The topological polar surface area (TPSA) is 56.6 Å². The van der Waals surface area contributed by atoms with Gasteiger partial charge in [-0.3, -0.25) is 4.79 Å². The van der Waals surface area contributed by atoms with Crippen LogP contribution in [0.2, 0.25) is 0 Å². The van der Waals surface area contributed by atoms with Crippen LogP contribution < -0.4 is 5.56 Å². The van der Waals surface area contributed by atoms with Gasteiger partial charge in [0, 0.05) is 22.5 Å². The second-order valence-electron chi connectivity index (χ2n) is 2.49. The number of nitrogens with one attached hydrogen (secondary N) is 1. The van der Waals surface area contributed by atoms with Crippen LogP contribution in [-0.4, -0.2) is 4.98 Å². The highest BCUT2D eigenvalue weighted by Gasteiger charge is 2.16. The molecule has 1 rings (SSSR count). The third-order valence-electron chi connectivity index (χ3n) is 1.67. The Bertz CT molecular complexity index is 436. The number of aromatic amines is 1. The smallest absolute Gasteiger partial charge is 0.264 e. The molecule has 3 nitrogen and oxygen atoms in total. The number of aromatic nitrogens is 1. The van der Waals surface area contributed by atoms with Gasteiger partial charge in [-0.25, -0.2) is 8.78 Å². The number of hydrogen-bond donors (Lipinski definition) is 1. The molecule has 0 atom stereocenters. The largest absolute Gasteiger partial charge is 0.313 e. The SMILES string of the molecule is N#Cc1[nH]c(=O)cc(C(F)F)c1CBr. The van der Waals surface area contributed by atoms with E-state index in [-0.39, 0.29) is 16.6 Å². The van der Waals surface area contributed by atoms with Gasteiger partial charge >= 0.3 is 0 Å². The third-order valence-corrected chi connectivity index (χ3v) is 2.23. The maximum absolute atomic E-state index is 12.4. The van der Waals surface area contributed by atoms with Crippen molar-refractivity contribution < 1.29 is 8.78 Å². The second kappa shape index (κ2) is 4.33. The van der Waals surface area contributed by atoms with Gasteiger partial charge in [-0.05, 0) is 0 Å². The Morgan fingerprint density at radius 3 is 2.71 bits per heavy atom. The quantitative estimate of drug-likeness (QED) is 0.830. The van der Waals surface area contributed by atoms with Gasteiger partial charge in [-0.2, -0.15) is 5.26 Å². The summed E-state index contributed by atoms with van der Waals surface area (Å²) < 4.78 is 24.9. The molecule has 0 aliphatic rings. The van der Waals surface area contributed by atoms with E-state index < -0.39 is 17.5 Å². The molecule has 1 aromatic rings. The number of pyridine rings is 1. The van der Waals surface area contributed by atoms with E-state index in [0.717, 1.165) is 6.07 Å². The molecular weight excluding hydrogens is 258 g/mol. The molecule has 0 aromatic carbocycles. The molecule has 74 valence electrons. The molecule has 1 heterocycles. The molecule has 0 bridgehead atoms. The molecule has 6 heteroatoms. The molecule has 1 aromatic heterocycles. The van der Waals surface area contributed by atoms with E-state index in [1.807, 2.05) is 0 Å². The van der Waals surface area contributed by atoms with E-state index >= 15 is 0 Å². The van der Waals surface area contributed by atoms with Crippen molar-refractivity contribution in [3.05, 3.63) is 33.2 Å². The Morgan fingerprint density at radius 1 is 1.64 bits per heavy atom. The van der Waals surface area contributed by atoms with Gasteiger partial charge in [0.2, 0.25) is 5.56 Å². The van der Waals surface area contributed by atoms with Gasteiger partial charge in [0.05, 0.1) is 0 Å². The highest BCUT2D eigenvalue weighted by atomic mass is 79.9. The molecule has 14 heavy (non-hydrogen) atoms. The van der Waals surface area contributed by atoms with Crippen LogP contribution >= 0.6 is 15.9 Å². The van der Waals surface area contributed by atoms with Crippen molar-refractivity contribution in [1.29, 1.82) is 5.26 Å². The van der Waals surface area contributed by atoms with Gasteiger partial charge in [-0.15, -0.1) is 0 Å². The van der Waals surface area contributed by atoms with E-state index in [1.54, 1.807) is 6.07 Å². The standard InChI is InChI=1S/C8H5BrF2N2O/c9-2-5-4(8(10)11)1-7(14)13-6(5)3-12/h1,8H,2H2,(H,13,14). The van der Waals surface area contributed by atoms with Crippen LogP contribution in [0.3, 0.4) is 0 Å². The summed E-state index contributed by atoms with van der Waals surface area (Å²) in [6.07, 6.45) is -2.75. The average molecular weight is 263 g/mol. The fourth-order valence-corrected chi connectivity index (χ4v) is 1.65. The van der Waals surface area contributed by atoms with E-state index in [9.17, 15) is 13.6 Å². The number of halogens is 3. The maximum Gasteiger partial charge on any atom is 0.264 e. The maximum atomic E-state index is 12.4. The Balaban J connectivity index is 3.49. The first-order valence-corrected chi connectivity index (χ1v) is 4.72. The van der Waals surface area contributed by atoms with Crippen molar-refractivity contribution >= 4 is 15.9 Å². The molecule has 0 aliphatic heterocycles. The normalized spacial score (nSPS) is 10.2. The van der Waals surface area contributed by atoms with Crippen LogP contribution in [-0.2, 0) is 5.33 Å². The summed E-state index contributed by atoms with van der Waals surface area (Å²) in [5, 5.41) is 8.70. The van der Waals surface area contributed by atoms with Crippen LogP contribution in [0.1, 0.15) is 23.2 Å². The van der Waals surface area contributed by atoms with E-state index in [2.05, 4.69) is 20.9 Å². The van der Waals surface area contributed by atoms with Gasteiger partial charge in [0.15, 0.2) is 0 Å². The first-order chi connectivity index (χ1) is 6.60. The van der Waals surface area contributed by atoms with E-state index in [4.69, 9.17) is 5.26 Å². The minimum absolute atomic E-state index is 0.104. The molecule has 0 saturated heterocycles. The van der Waals surface area contributed by atoms with Gasteiger partial charge in [0.25, 0.3) is 6.43 Å². The highest BCUT2D eigenvalue weighted by molar-refractivity contribution is 9.08. The van der Waals surface area contributed by atoms with Crippen LogP contribution in [0.15, 0.2) is 10.9 Å². The predicted molar refractivity (Wildman–Crippen MR) is 49.4 cm³/mol. The van der Waals surface area contributed by atoms with Crippen LogP contribution in [0.5, 0.6) is 0 Å². The molecule has 0 saturated carbocycles. The van der Waals surface area contributed by atoms with Crippen molar-refractivity contribution in [1.82, 2.24) is 4.98 Å². The summed E-state index contributed by atoms with van der Waals surface area (Å²) in [5.41, 5.74) is -1.09. The van der Waals surface area contributed by atoms with Gasteiger partial charge < -0.3 is 4.98 Å². The summed E-state index contributed by atoms with van der Waals surface area (Å²) in [4.78, 5) is 13.1. The molecule has 0 unspecified atom stereocenters. The zero-order chi connectivity index (χ0) is 10.7. The number of nitrogens with zero attached hydrogens (tertiary/aromatic N) is 1. The van der Waals surface area contributed by atoms with E-state index in [0.29, 0.717) is 0 Å². The van der Waals surface area contributed by atoms with E-state index in [1.165, 1.54) is 0 Å². The third kappa shape index (κ3) is 1.99. The molecule has 0 amide bonds. The zero-order valence-corrected chi connectivity index (χ0v) is 8.44. The molecule has 0 radical (unpaired) electrons. The molecule has 0 aliphatic carbocycles. The predicted octanol–water partition coefficient (Wildman–Crippen LogP) is 2.08. The Morgan fingerprint density at radius 2 is 2.29 bits per heavy atom. The molecular formula is C8H5BrF2N2O. The molecule has 1 N–H and O–H groups in total. The van der Waals surface area contributed by atoms with Crippen LogP contribution in [0, 0.1) is 11.3 Å². The Labute approximate surface area is 86.5 Å². The number of H-pyrrole nitrogens is 1. The Hall–Kier alpha value is -1.22. The van der Waals surface area contributed by atoms with Gasteiger partial charge in [-0.1, -0.05) is 15.9 Å². The molecule has 0 fully saturated rings. The minimum atomic E-state index is -2.75. The summed E-state index contributed by atoms with van der Waals surface area (Å²) >= 11 is 2.99. The van der Waals surface area contributed by atoms with Crippen LogP contribution in [0.25, 0.3) is 0 Å². The monoisotopic (exact) mass is 262 g/mol. The summed E-state index contributed by atoms with van der Waals surface area (Å²) in [5.74, 6) is 0. The zero-order valence-electron chi connectivity index (χ0n) is 6.85. The summed E-state index contributed by atoms with van der Waals surface area (Å²) in [6.45, 7) is 0. The van der Waals surface area contributed by atoms with Crippen molar-refractivity contribution in [3.8, 4) is 6.07 Å². The first-order valence-electron chi connectivity index (χ1n) is 3.60. The van der Waals surface area contributed by atoms with Crippen molar-refractivity contribution in [2.24, 2.45) is 0 Å². The number of hydrogen-bond acceptors (Lipinski definition) is 2. The summed E-state index contributed by atoms with van der Waals surface area (Å²) in [7, 11) is 0. The first kappa shape index (κ1) is 10.9.